The zero-order chi connectivity index (χ0) is 68.6. The van der Waals surface area contributed by atoms with Crippen molar-refractivity contribution in [3.63, 3.8) is 0 Å². The molecule has 15 rings (SSSR count). The van der Waals surface area contributed by atoms with Gasteiger partial charge in [0.05, 0.1) is 11.2 Å². The Morgan fingerprint density at radius 3 is 1.40 bits per heavy atom. The number of fused-ring (bicyclic) bond motifs is 8. The lowest BCUT2D eigenvalue weighted by Gasteiger charge is -2.61. The number of anilines is 8. The molecule has 3 aliphatic heterocycles. The van der Waals surface area contributed by atoms with Crippen molar-refractivity contribution in [1.82, 2.24) is 0 Å². The van der Waals surface area contributed by atoms with Crippen LogP contribution in [0.15, 0.2) is 224 Å². The van der Waals surface area contributed by atoms with Crippen LogP contribution in [0.1, 0.15) is 191 Å². The molecule has 3 heterocycles. The Morgan fingerprint density at radius 1 is 0.351 bits per heavy atom. The fourth-order valence-corrected chi connectivity index (χ4v) is 23.6. The smallest absolute Gasteiger partial charge is 0.252 e. The molecular formula is C92H102BN3Si. The van der Waals surface area contributed by atoms with Crippen LogP contribution in [-0.4, -0.2) is 20.3 Å². The Kier molecular flexibility index (Phi) is 14.7. The van der Waals surface area contributed by atoms with Crippen molar-refractivity contribution in [1.29, 1.82) is 0 Å². The minimum atomic E-state index is -2.96. The summed E-state index contributed by atoms with van der Waals surface area (Å²) >= 11 is 0. The van der Waals surface area contributed by atoms with E-state index < -0.39 is 8.07 Å². The first-order valence-corrected chi connectivity index (χ1v) is 38.2. The number of rotatable bonds is 8. The van der Waals surface area contributed by atoms with E-state index in [-0.39, 0.29) is 55.6 Å². The molecule has 2 aliphatic carbocycles. The van der Waals surface area contributed by atoms with Crippen LogP contribution in [0.3, 0.4) is 0 Å². The Morgan fingerprint density at radius 2 is 0.835 bits per heavy atom. The summed E-state index contributed by atoms with van der Waals surface area (Å²) in [4.78, 5) is 8.43. The topological polar surface area (TPSA) is 9.72 Å². The third-order valence-corrected chi connectivity index (χ3v) is 30.1. The second-order valence-electron chi connectivity index (χ2n) is 36.0. The van der Waals surface area contributed by atoms with Crippen LogP contribution in [-0.2, 0) is 32.5 Å². The number of nitrogens with zero attached hydrogens (tertiary/aromatic N) is 3. The van der Waals surface area contributed by atoms with Crippen LogP contribution in [0, 0.1) is 10.8 Å². The summed E-state index contributed by atoms with van der Waals surface area (Å²) in [5, 5.41) is 5.61. The average molecular weight is 1290 g/mol. The molecule has 0 amide bonds. The molecule has 0 bridgehead atoms. The highest BCUT2D eigenvalue weighted by molar-refractivity contribution is 7.20. The molecule has 5 aliphatic rings. The fraction of sp³-hybridized carbons (Fsp3) is 0.348. The van der Waals surface area contributed by atoms with Gasteiger partial charge in [0.25, 0.3) is 6.71 Å². The molecule has 0 saturated heterocycles. The van der Waals surface area contributed by atoms with Gasteiger partial charge in [-0.1, -0.05) is 294 Å². The molecule has 97 heavy (non-hydrogen) atoms. The molecule has 492 valence electrons. The lowest BCUT2D eigenvalue weighted by Crippen LogP contribution is -2.74. The monoisotopic (exact) mass is 1290 g/mol. The normalized spacial score (nSPS) is 20.3. The second-order valence-corrected chi connectivity index (χ2v) is 39.8. The van der Waals surface area contributed by atoms with Gasteiger partial charge >= 0.3 is 0 Å². The molecule has 0 spiro atoms. The summed E-state index contributed by atoms with van der Waals surface area (Å²) in [5.74, 6) is 0. The van der Waals surface area contributed by atoms with Gasteiger partial charge in [-0.25, -0.2) is 0 Å². The summed E-state index contributed by atoms with van der Waals surface area (Å²) < 4.78 is 0. The van der Waals surface area contributed by atoms with Crippen molar-refractivity contribution in [3.8, 4) is 11.1 Å². The Balaban J connectivity index is 1.11. The van der Waals surface area contributed by atoms with Gasteiger partial charge in [0.1, 0.15) is 0 Å². The van der Waals surface area contributed by atoms with Gasteiger partial charge in [-0.05, 0) is 201 Å². The van der Waals surface area contributed by atoms with E-state index in [2.05, 4.69) is 371 Å². The SMILES string of the molecule is CC(C)(C)c1cccc(N2c3cc(C(C)(C)C)ccc3B3c4cc5c(cc4N(c4ccc(C(C)(C)C)cc4-c4ccccc4)c4cc(N6c7ccc([Si](c8ccccc8)(c8ccccc8)c8ccccc8)cc7C7(C)CC(C)(C)C(C)(C)CC67C)cc2c43)C(C)(C)CCC5(C)C)c1. The van der Waals surface area contributed by atoms with Crippen LogP contribution in [0.4, 0.5) is 45.5 Å². The van der Waals surface area contributed by atoms with Crippen molar-refractivity contribution in [2.75, 3.05) is 14.7 Å². The maximum absolute atomic E-state index is 2.96. The Hall–Kier alpha value is -8.12. The van der Waals surface area contributed by atoms with Gasteiger partial charge in [0.2, 0.25) is 0 Å². The minimum absolute atomic E-state index is 0.00477. The molecular weight excluding hydrogens is 1190 g/mol. The van der Waals surface area contributed by atoms with Crippen LogP contribution < -0.4 is 51.8 Å². The van der Waals surface area contributed by atoms with Crippen molar-refractivity contribution in [2.45, 2.75) is 195 Å². The van der Waals surface area contributed by atoms with Crippen molar-refractivity contribution < 1.29 is 0 Å². The third-order valence-electron chi connectivity index (χ3n) is 25.3. The predicted octanol–water partition coefficient (Wildman–Crippen LogP) is 20.1. The van der Waals surface area contributed by atoms with Crippen LogP contribution in [0.25, 0.3) is 11.1 Å². The first-order valence-electron chi connectivity index (χ1n) is 36.2. The molecule has 1 fully saturated rings. The van der Waals surface area contributed by atoms with Gasteiger partial charge in [0, 0.05) is 50.8 Å². The summed E-state index contributed by atoms with van der Waals surface area (Å²) in [7, 11) is -2.96. The standard InChI is InChI=1S/C92H102BN3Si/c1-84(2,3)62-35-32-36-65(51-62)94-79-53-64(86(7,8)9)43-46-75(79)93-76-57-72-73(88(12,13)50-49-87(72,10)11)58-80(76)95(77-47-44-63(85(4,5)6)52-71(77)61-33-24-20-25-34-61)82-55-66(54-81(94)83(82)93)96-78-48-45-70(56-74(78)91(18)59-89(14,15)90(16,17)60-92(91,96)19)97(67-37-26-21-27-38-67,68-39-28-22-29-40-68)69-41-30-23-31-42-69/h20-48,51-58H,49-50,59-60H2,1-19H3. The van der Waals surface area contributed by atoms with E-state index in [4.69, 9.17) is 0 Å². The number of hydrogen-bond donors (Lipinski definition) is 0. The van der Waals surface area contributed by atoms with E-state index in [1.807, 2.05) is 0 Å². The Labute approximate surface area is 583 Å². The summed E-state index contributed by atoms with van der Waals surface area (Å²) in [6, 6.07) is 89.4. The van der Waals surface area contributed by atoms with Crippen molar-refractivity contribution in [3.05, 3.63) is 258 Å². The zero-order valence-corrected chi connectivity index (χ0v) is 62.6. The molecule has 2 unspecified atom stereocenters. The van der Waals surface area contributed by atoms with E-state index in [1.54, 1.807) is 0 Å². The van der Waals surface area contributed by atoms with Crippen LogP contribution in [0.2, 0.25) is 0 Å². The van der Waals surface area contributed by atoms with Gasteiger partial charge in [-0.2, -0.15) is 0 Å². The van der Waals surface area contributed by atoms with Crippen molar-refractivity contribution in [2.24, 2.45) is 10.8 Å². The molecule has 0 aromatic heterocycles. The zero-order valence-electron chi connectivity index (χ0n) is 61.6. The highest BCUT2D eigenvalue weighted by atomic mass is 28.3. The number of benzene rings is 10. The lowest BCUT2D eigenvalue weighted by molar-refractivity contribution is -0.0311. The molecule has 1 saturated carbocycles. The molecule has 0 radical (unpaired) electrons. The fourth-order valence-electron chi connectivity index (χ4n) is 18.8. The van der Waals surface area contributed by atoms with Gasteiger partial charge < -0.3 is 14.7 Å². The van der Waals surface area contributed by atoms with Crippen LogP contribution in [0.5, 0.6) is 0 Å². The molecule has 3 nitrogen and oxygen atoms in total. The highest BCUT2D eigenvalue weighted by Gasteiger charge is 2.66. The first kappa shape index (κ1) is 64.9. The molecule has 10 aromatic rings. The molecule has 0 N–H and O–H groups in total. The summed E-state index contributed by atoms with van der Waals surface area (Å²) in [6.45, 7) is 47.0. The molecule has 5 heteroatoms. The Bertz CT molecular complexity index is 4650. The van der Waals surface area contributed by atoms with Gasteiger partial charge in [-0.15, -0.1) is 0 Å². The van der Waals surface area contributed by atoms with Gasteiger partial charge in [-0.3, -0.25) is 0 Å². The van der Waals surface area contributed by atoms with Crippen molar-refractivity contribution >= 4 is 97.4 Å². The molecule has 10 aromatic carbocycles. The predicted molar refractivity (Wildman–Crippen MR) is 422 cm³/mol. The average Bonchev–Trinajstić information content (AvgIpc) is 1.61. The van der Waals surface area contributed by atoms with E-state index in [1.165, 1.54) is 127 Å². The van der Waals surface area contributed by atoms with Gasteiger partial charge in [0.15, 0.2) is 8.07 Å². The molecule has 2 atom stereocenters. The highest BCUT2D eigenvalue weighted by Crippen LogP contribution is 2.69. The summed E-state index contributed by atoms with van der Waals surface area (Å²) in [6.07, 6.45) is 4.29. The minimum Gasteiger partial charge on any atom is -0.334 e. The maximum Gasteiger partial charge on any atom is 0.252 e. The lowest BCUT2D eigenvalue weighted by atomic mass is 9.33. The first-order chi connectivity index (χ1) is 45.7. The van der Waals surface area contributed by atoms with E-state index >= 15 is 0 Å². The van der Waals surface area contributed by atoms with E-state index in [9.17, 15) is 0 Å². The summed E-state index contributed by atoms with van der Waals surface area (Å²) in [5.41, 5.74) is 23.9. The largest absolute Gasteiger partial charge is 0.334 e. The maximum atomic E-state index is 2.92. The van der Waals surface area contributed by atoms with E-state index in [0.29, 0.717) is 0 Å². The number of hydrogen-bond acceptors (Lipinski definition) is 3. The second kappa shape index (κ2) is 21.9. The third kappa shape index (κ3) is 9.90. The van der Waals surface area contributed by atoms with E-state index in [0.717, 1.165) is 25.7 Å². The quantitative estimate of drug-likeness (QED) is 0.111. The van der Waals surface area contributed by atoms with Crippen LogP contribution >= 0.6 is 0 Å².